The van der Waals surface area contributed by atoms with Gasteiger partial charge in [0.15, 0.2) is 0 Å². The molecule has 16 heavy (non-hydrogen) atoms. The van der Waals surface area contributed by atoms with Gasteiger partial charge in [-0.05, 0) is 36.5 Å². The van der Waals surface area contributed by atoms with Gasteiger partial charge in [-0.2, -0.15) is 0 Å². The van der Waals surface area contributed by atoms with Crippen molar-refractivity contribution in [1.82, 2.24) is 0 Å². The zero-order chi connectivity index (χ0) is 10.8. The Kier molecular flexibility index (Phi) is 5.03. The molecule has 0 saturated heterocycles. The summed E-state index contributed by atoms with van der Waals surface area (Å²) in [4.78, 5) is 0. The van der Waals surface area contributed by atoms with Gasteiger partial charge in [0.05, 0.1) is 5.02 Å². The van der Waals surface area contributed by atoms with Crippen molar-refractivity contribution < 1.29 is 4.39 Å². The largest absolute Gasteiger partial charge is 0.324 e. The van der Waals surface area contributed by atoms with Crippen LogP contribution >= 0.6 is 24.0 Å². The van der Waals surface area contributed by atoms with Crippen molar-refractivity contribution in [2.75, 3.05) is 0 Å². The lowest BCUT2D eigenvalue weighted by atomic mass is 9.92. The summed E-state index contributed by atoms with van der Waals surface area (Å²) in [6.45, 7) is 0. The van der Waals surface area contributed by atoms with E-state index in [0.29, 0.717) is 5.92 Å². The van der Waals surface area contributed by atoms with E-state index < -0.39 is 0 Å². The summed E-state index contributed by atoms with van der Waals surface area (Å²) >= 11 is 5.63. The molecule has 0 radical (unpaired) electrons. The summed E-state index contributed by atoms with van der Waals surface area (Å²) in [7, 11) is 0. The van der Waals surface area contributed by atoms with Crippen LogP contribution < -0.4 is 5.73 Å². The highest BCUT2D eigenvalue weighted by Crippen LogP contribution is 2.34. The summed E-state index contributed by atoms with van der Waals surface area (Å²) in [5.74, 6) is 0.133. The molecule has 2 rings (SSSR count). The molecule has 0 spiro atoms. The van der Waals surface area contributed by atoms with E-state index in [1.807, 2.05) is 6.07 Å². The van der Waals surface area contributed by atoms with Gasteiger partial charge in [-0.25, -0.2) is 4.39 Å². The Morgan fingerprint density at radius 2 is 1.94 bits per heavy atom. The Morgan fingerprint density at radius 3 is 2.50 bits per heavy atom. The van der Waals surface area contributed by atoms with Crippen molar-refractivity contribution in [1.29, 1.82) is 0 Å². The first-order valence-electron chi connectivity index (χ1n) is 5.39. The first kappa shape index (κ1) is 13.8. The lowest BCUT2D eigenvalue weighted by Gasteiger charge is -2.19. The standard InChI is InChI=1S/C12H15ClFN.ClH/c13-10-6-5-9(7-11(10)14)12(15)8-3-1-2-4-8;/h5-8,12H,1-4,15H2;1H/t12-;/m1./s1. The minimum Gasteiger partial charge on any atom is -0.324 e. The number of hydrogen-bond acceptors (Lipinski definition) is 1. The molecule has 1 fully saturated rings. The Hall–Kier alpha value is -0.310. The quantitative estimate of drug-likeness (QED) is 0.855. The molecule has 4 heteroatoms. The average molecular weight is 264 g/mol. The summed E-state index contributed by atoms with van der Waals surface area (Å²) < 4.78 is 13.2. The van der Waals surface area contributed by atoms with Crippen LogP contribution in [0.25, 0.3) is 0 Å². The molecule has 1 aliphatic carbocycles. The van der Waals surface area contributed by atoms with Crippen LogP contribution in [0.4, 0.5) is 4.39 Å². The van der Waals surface area contributed by atoms with E-state index in [2.05, 4.69) is 0 Å². The zero-order valence-electron chi connectivity index (χ0n) is 8.96. The van der Waals surface area contributed by atoms with Crippen LogP contribution in [0.5, 0.6) is 0 Å². The van der Waals surface area contributed by atoms with E-state index in [4.69, 9.17) is 17.3 Å². The van der Waals surface area contributed by atoms with E-state index in [1.54, 1.807) is 6.07 Å². The molecular formula is C12H16Cl2FN. The second-order valence-corrected chi connectivity index (χ2v) is 4.65. The van der Waals surface area contributed by atoms with E-state index in [1.165, 1.54) is 18.9 Å². The van der Waals surface area contributed by atoms with E-state index >= 15 is 0 Å². The fraction of sp³-hybridized carbons (Fsp3) is 0.500. The highest BCUT2D eigenvalue weighted by Gasteiger charge is 2.23. The van der Waals surface area contributed by atoms with Crippen molar-refractivity contribution >= 4 is 24.0 Å². The molecule has 0 bridgehead atoms. The van der Waals surface area contributed by atoms with Crippen LogP contribution in [0.3, 0.4) is 0 Å². The molecule has 0 heterocycles. The van der Waals surface area contributed by atoms with Crippen LogP contribution in [0, 0.1) is 11.7 Å². The van der Waals surface area contributed by atoms with Gasteiger partial charge in [-0.15, -0.1) is 12.4 Å². The number of rotatable bonds is 2. The van der Waals surface area contributed by atoms with Gasteiger partial charge in [-0.1, -0.05) is 30.5 Å². The summed E-state index contributed by atoms with van der Waals surface area (Å²) in [6, 6.07) is 4.83. The molecule has 0 unspecified atom stereocenters. The first-order chi connectivity index (χ1) is 7.18. The molecule has 1 aromatic carbocycles. The number of halogens is 3. The smallest absolute Gasteiger partial charge is 0.142 e. The highest BCUT2D eigenvalue weighted by atomic mass is 35.5. The van der Waals surface area contributed by atoms with Crippen molar-refractivity contribution in [3.05, 3.63) is 34.6 Å². The summed E-state index contributed by atoms with van der Waals surface area (Å²) in [5.41, 5.74) is 6.97. The molecule has 1 atom stereocenters. The van der Waals surface area contributed by atoms with Gasteiger partial charge in [0.25, 0.3) is 0 Å². The minimum absolute atomic E-state index is 0. The Bertz CT molecular complexity index is 351. The molecular weight excluding hydrogens is 248 g/mol. The number of benzene rings is 1. The van der Waals surface area contributed by atoms with Crippen molar-refractivity contribution in [3.8, 4) is 0 Å². The van der Waals surface area contributed by atoms with Crippen LogP contribution in [0.15, 0.2) is 18.2 Å². The highest BCUT2D eigenvalue weighted by molar-refractivity contribution is 6.30. The van der Waals surface area contributed by atoms with E-state index in [0.717, 1.165) is 18.4 Å². The third-order valence-corrected chi connectivity index (χ3v) is 3.54. The van der Waals surface area contributed by atoms with Crippen LogP contribution in [0.2, 0.25) is 5.02 Å². The van der Waals surface area contributed by atoms with Crippen molar-refractivity contribution in [2.45, 2.75) is 31.7 Å². The zero-order valence-corrected chi connectivity index (χ0v) is 10.5. The first-order valence-corrected chi connectivity index (χ1v) is 5.77. The molecule has 0 amide bonds. The van der Waals surface area contributed by atoms with Crippen molar-refractivity contribution in [2.24, 2.45) is 11.7 Å². The van der Waals surface area contributed by atoms with Crippen LogP contribution in [0.1, 0.15) is 37.3 Å². The molecule has 90 valence electrons. The SMILES string of the molecule is Cl.N[C@@H](c1ccc(Cl)c(F)c1)C1CCCC1. The fourth-order valence-corrected chi connectivity index (χ4v) is 2.43. The van der Waals surface area contributed by atoms with Gasteiger partial charge >= 0.3 is 0 Å². The number of nitrogens with two attached hydrogens (primary N) is 1. The normalized spacial score (nSPS) is 18.2. The van der Waals surface area contributed by atoms with Gasteiger partial charge in [0, 0.05) is 6.04 Å². The molecule has 1 aromatic rings. The van der Waals surface area contributed by atoms with Gasteiger partial charge in [0.1, 0.15) is 5.82 Å². The second kappa shape index (κ2) is 5.85. The fourth-order valence-electron chi connectivity index (χ4n) is 2.31. The Labute approximate surface area is 107 Å². The third-order valence-electron chi connectivity index (χ3n) is 3.24. The van der Waals surface area contributed by atoms with Crippen LogP contribution in [-0.4, -0.2) is 0 Å². The second-order valence-electron chi connectivity index (χ2n) is 4.24. The van der Waals surface area contributed by atoms with Gasteiger partial charge < -0.3 is 5.73 Å². The van der Waals surface area contributed by atoms with Crippen molar-refractivity contribution in [3.63, 3.8) is 0 Å². The number of hydrogen-bond donors (Lipinski definition) is 1. The van der Waals surface area contributed by atoms with E-state index in [-0.39, 0.29) is 29.3 Å². The predicted molar refractivity (Wildman–Crippen MR) is 67.5 cm³/mol. The third kappa shape index (κ3) is 2.88. The summed E-state index contributed by atoms with van der Waals surface area (Å²) in [5, 5.41) is 0.164. The minimum atomic E-state index is -0.373. The molecule has 1 saturated carbocycles. The van der Waals surface area contributed by atoms with Gasteiger partial charge in [-0.3, -0.25) is 0 Å². The Morgan fingerprint density at radius 1 is 1.31 bits per heavy atom. The molecule has 1 nitrogen and oxygen atoms in total. The molecule has 2 N–H and O–H groups in total. The van der Waals surface area contributed by atoms with Gasteiger partial charge in [0.2, 0.25) is 0 Å². The molecule has 1 aliphatic rings. The predicted octanol–water partition coefficient (Wildman–Crippen LogP) is 4.09. The monoisotopic (exact) mass is 263 g/mol. The lowest BCUT2D eigenvalue weighted by Crippen LogP contribution is -2.19. The molecule has 0 aromatic heterocycles. The van der Waals surface area contributed by atoms with E-state index in [9.17, 15) is 4.39 Å². The summed E-state index contributed by atoms with van der Waals surface area (Å²) in [6.07, 6.45) is 4.81. The van der Waals surface area contributed by atoms with Crippen LogP contribution in [-0.2, 0) is 0 Å². The average Bonchev–Trinajstić information content (AvgIpc) is 2.74. The maximum Gasteiger partial charge on any atom is 0.142 e. The molecule has 0 aliphatic heterocycles. The maximum atomic E-state index is 13.2. The lowest BCUT2D eigenvalue weighted by molar-refractivity contribution is 0.443. The Balaban J connectivity index is 0.00000128. The topological polar surface area (TPSA) is 26.0 Å². The maximum absolute atomic E-state index is 13.2.